The average molecular weight is 584 g/mol. The normalized spacial score (nSPS) is 21.9. The standard InChI is InChI=1S/C18H24N4O18/c23-11(1-5-19(28)29)36-9-10-15(38-12(24)2-6-20(30)31)16(39-13(25)3-7-21(32)33)17(18(27)37-10)40-14(26)4-8-22(34)35/h10,15-18,27H,1-9H2/t10-,15+,16+,17+,18-/m1/s1. The molecule has 0 bridgehead atoms. The predicted octanol–water partition coefficient (Wildman–Crippen LogP) is -2.35. The Hall–Kier alpha value is -4.60. The van der Waals surface area contributed by atoms with Crippen LogP contribution >= 0.6 is 0 Å². The third-order valence-electron chi connectivity index (χ3n) is 4.81. The summed E-state index contributed by atoms with van der Waals surface area (Å²) in [6.45, 7) is -4.46. The van der Waals surface area contributed by atoms with E-state index < -0.39 is 133 Å². The quantitative estimate of drug-likeness (QED) is 0.0809. The van der Waals surface area contributed by atoms with Gasteiger partial charge in [-0.1, -0.05) is 0 Å². The number of nitro groups is 4. The first-order chi connectivity index (χ1) is 18.7. The zero-order chi connectivity index (χ0) is 30.4. The third-order valence-corrected chi connectivity index (χ3v) is 4.81. The smallest absolute Gasteiger partial charge is 0.313 e. The van der Waals surface area contributed by atoms with Crippen LogP contribution in [0.25, 0.3) is 0 Å². The third kappa shape index (κ3) is 12.8. The molecule has 0 aromatic heterocycles. The van der Waals surface area contributed by atoms with Crippen molar-refractivity contribution in [3.63, 3.8) is 0 Å². The second-order valence-electron chi connectivity index (χ2n) is 7.84. The van der Waals surface area contributed by atoms with Crippen LogP contribution in [0.1, 0.15) is 25.7 Å². The summed E-state index contributed by atoms with van der Waals surface area (Å²) in [4.78, 5) is 87.3. The second-order valence-corrected chi connectivity index (χ2v) is 7.84. The van der Waals surface area contributed by atoms with Gasteiger partial charge in [-0.2, -0.15) is 0 Å². The van der Waals surface area contributed by atoms with Crippen LogP contribution in [-0.4, -0.2) is 112 Å². The summed E-state index contributed by atoms with van der Waals surface area (Å²) < 4.78 is 25.1. The molecule has 0 spiro atoms. The van der Waals surface area contributed by atoms with E-state index in [1.54, 1.807) is 0 Å². The summed E-state index contributed by atoms with van der Waals surface area (Å²) in [6, 6.07) is 0. The lowest BCUT2D eigenvalue weighted by Gasteiger charge is -2.42. The molecule has 1 rings (SSSR count). The zero-order valence-corrected chi connectivity index (χ0v) is 20.4. The lowest BCUT2D eigenvalue weighted by Crippen LogP contribution is -2.62. The van der Waals surface area contributed by atoms with Gasteiger partial charge in [0.1, 0.15) is 38.4 Å². The molecule has 5 atom stereocenters. The van der Waals surface area contributed by atoms with Gasteiger partial charge in [0.2, 0.25) is 26.2 Å². The van der Waals surface area contributed by atoms with Crippen molar-refractivity contribution in [2.24, 2.45) is 0 Å². The van der Waals surface area contributed by atoms with Crippen molar-refractivity contribution in [2.75, 3.05) is 32.8 Å². The number of aliphatic hydroxyl groups excluding tert-OH is 1. The van der Waals surface area contributed by atoms with Crippen molar-refractivity contribution in [1.82, 2.24) is 0 Å². The summed E-state index contributed by atoms with van der Waals surface area (Å²) in [5.41, 5.74) is 0. The second kappa shape index (κ2) is 16.4. The van der Waals surface area contributed by atoms with E-state index in [2.05, 4.69) is 0 Å². The first kappa shape index (κ1) is 33.4. The van der Waals surface area contributed by atoms with Gasteiger partial charge in [0.15, 0.2) is 24.6 Å². The van der Waals surface area contributed by atoms with E-state index in [9.17, 15) is 64.7 Å². The molecule has 1 N–H and O–H groups in total. The molecule has 224 valence electrons. The van der Waals surface area contributed by atoms with Gasteiger partial charge in [-0.3, -0.25) is 59.6 Å². The van der Waals surface area contributed by atoms with E-state index in [4.69, 9.17) is 23.7 Å². The van der Waals surface area contributed by atoms with Crippen LogP contribution in [0.2, 0.25) is 0 Å². The number of carbonyl (C=O) groups is 4. The van der Waals surface area contributed by atoms with Crippen molar-refractivity contribution in [2.45, 2.75) is 56.4 Å². The van der Waals surface area contributed by atoms with Crippen LogP contribution in [-0.2, 0) is 42.9 Å². The van der Waals surface area contributed by atoms with Crippen molar-refractivity contribution in [3.8, 4) is 0 Å². The average Bonchev–Trinajstić information content (AvgIpc) is 2.86. The lowest BCUT2D eigenvalue weighted by molar-refractivity contribution is -0.479. The van der Waals surface area contributed by atoms with Crippen LogP contribution in [0.15, 0.2) is 0 Å². The highest BCUT2D eigenvalue weighted by Crippen LogP contribution is 2.29. The van der Waals surface area contributed by atoms with Crippen molar-refractivity contribution in [1.29, 1.82) is 0 Å². The first-order valence-electron chi connectivity index (χ1n) is 11.2. The Morgan fingerprint density at radius 3 is 1.35 bits per heavy atom. The van der Waals surface area contributed by atoms with E-state index >= 15 is 0 Å². The number of nitrogens with zero attached hydrogens (tertiary/aromatic N) is 4. The number of ether oxygens (including phenoxy) is 5. The number of esters is 4. The number of hydrogen-bond acceptors (Lipinski definition) is 18. The highest BCUT2D eigenvalue weighted by atomic mass is 16.7. The van der Waals surface area contributed by atoms with Crippen molar-refractivity contribution in [3.05, 3.63) is 40.5 Å². The van der Waals surface area contributed by atoms with Gasteiger partial charge in [-0.05, 0) is 0 Å². The maximum atomic E-state index is 12.3. The zero-order valence-electron chi connectivity index (χ0n) is 20.4. The Balaban J connectivity index is 3.28. The van der Waals surface area contributed by atoms with E-state index in [1.807, 2.05) is 0 Å². The summed E-state index contributed by atoms with van der Waals surface area (Å²) in [6.07, 6.45) is -13.2. The molecule has 0 radical (unpaired) electrons. The number of carbonyl (C=O) groups excluding carboxylic acids is 4. The SMILES string of the molecule is O=C(CC[N+](=O)[O-])OC[C@H]1O[C@@H](O)[C@@H](OC(=O)CC[N+](=O)[O-])[C@@H](OC(=O)CC[N+](=O)[O-])[C@H]1OC(=O)CC[N+](=O)[O-]. The molecule has 1 fully saturated rings. The predicted molar refractivity (Wildman–Crippen MR) is 117 cm³/mol. The molecule has 0 aromatic carbocycles. The Kier molecular flexibility index (Phi) is 13.7. The molecular formula is C18H24N4O18. The maximum absolute atomic E-state index is 12.3. The Morgan fingerprint density at radius 2 is 0.950 bits per heavy atom. The highest BCUT2D eigenvalue weighted by Gasteiger charge is 2.52. The van der Waals surface area contributed by atoms with Gasteiger partial charge in [0.05, 0.1) is 0 Å². The molecule has 0 aliphatic carbocycles. The monoisotopic (exact) mass is 584 g/mol. The van der Waals surface area contributed by atoms with Crippen LogP contribution in [0, 0.1) is 40.5 Å². The van der Waals surface area contributed by atoms with E-state index in [-0.39, 0.29) is 0 Å². The van der Waals surface area contributed by atoms with Gasteiger partial charge in [0.25, 0.3) is 0 Å². The van der Waals surface area contributed by atoms with Crippen molar-refractivity contribution < 1.29 is 67.7 Å². The van der Waals surface area contributed by atoms with E-state index in [1.165, 1.54) is 0 Å². The largest absolute Gasteiger partial charge is 0.463 e. The van der Waals surface area contributed by atoms with Crippen LogP contribution in [0.4, 0.5) is 0 Å². The van der Waals surface area contributed by atoms with Crippen LogP contribution in [0.5, 0.6) is 0 Å². The molecule has 0 saturated carbocycles. The Bertz CT molecular complexity index is 988. The summed E-state index contributed by atoms with van der Waals surface area (Å²) in [5.74, 6) is -5.06. The lowest BCUT2D eigenvalue weighted by atomic mass is 9.98. The highest BCUT2D eigenvalue weighted by molar-refractivity contribution is 5.72. The summed E-state index contributed by atoms with van der Waals surface area (Å²) >= 11 is 0. The van der Waals surface area contributed by atoms with E-state index in [0.29, 0.717) is 0 Å². The molecular weight excluding hydrogens is 560 g/mol. The molecule has 22 heteroatoms. The molecule has 0 unspecified atom stereocenters. The molecule has 1 aliphatic rings. The van der Waals surface area contributed by atoms with Gasteiger partial charge >= 0.3 is 23.9 Å². The van der Waals surface area contributed by atoms with E-state index in [0.717, 1.165) is 0 Å². The van der Waals surface area contributed by atoms with Crippen LogP contribution < -0.4 is 0 Å². The molecule has 0 aromatic rings. The molecule has 0 amide bonds. The molecule has 22 nitrogen and oxygen atoms in total. The van der Waals surface area contributed by atoms with Gasteiger partial charge in [-0.15, -0.1) is 0 Å². The summed E-state index contributed by atoms with van der Waals surface area (Å²) in [7, 11) is 0. The Labute approximate surface area is 222 Å². The minimum absolute atomic E-state index is 0.703. The number of aliphatic hydroxyl groups is 1. The number of hydrogen-bond donors (Lipinski definition) is 1. The fraction of sp³-hybridized carbons (Fsp3) is 0.778. The molecule has 1 saturated heterocycles. The topological polar surface area (TPSA) is 307 Å². The van der Waals surface area contributed by atoms with Crippen LogP contribution in [0.3, 0.4) is 0 Å². The minimum atomic E-state index is -2.22. The van der Waals surface area contributed by atoms with Crippen molar-refractivity contribution >= 4 is 23.9 Å². The minimum Gasteiger partial charge on any atom is -0.463 e. The molecule has 40 heavy (non-hydrogen) atoms. The fourth-order valence-electron chi connectivity index (χ4n) is 3.04. The van der Waals surface area contributed by atoms with Gasteiger partial charge in [0, 0.05) is 19.7 Å². The number of rotatable bonds is 17. The molecule has 1 aliphatic heterocycles. The first-order valence-corrected chi connectivity index (χ1v) is 11.2. The fourth-order valence-corrected chi connectivity index (χ4v) is 3.04. The Morgan fingerprint density at radius 1 is 0.600 bits per heavy atom. The van der Waals surface area contributed by atoms with Gasteiger partial charge in [-0.25, -0.2) is 0 Å². The summed E-state index contributed by atoms with van der Waals surface area (Å²) in [5, 5.41) is 52.7. The maximum Gasteiger partial charge on any atom is 0.313 e. The van der Waals surface area contributed by atoms with Gasteiger partial charge < -0.3 is 28.8 Å². The molecule has 1 heterocycles.